The van der Waals surface area contributed by atoms with Gasteiger partial charge in [0.05, 0.1) is 30.1 Å². The maximum absolute atomic E-state index is 15.7. The maximum atomic E-state index is 15.7. The first-order valence-corrected chi connectivity index (χ1v) is 13.1. The molecule has 0 aromatic carbocycles. The summed E-state index contributed by atoms with van der Waals surface area (Å²) in [5.74, 6) is 1.59. The van der Waals surface area contributed by atoms with Crippen molar-refractivity contribution in [3.63, 3.8) is 0 Å². The summed E-state index contributed by atoms with van der Waals surface area (Å²) < 4.78 is 30.8. The number of hydrogen-bond acceptors (Lipinski definition) is 8. The van der Waals surface area contributed by atoms with Gasteiger partial charge in [0.15, 0.2) is 17.3 Å². The van der Waals surface area contributed by atoms with Crippen molar-refractivity contribution in [1.82, 2.24) is 29.3 Å². The number of carbonyl (C=O) groups is 1. The molecule has 1 aliphatic heterocycles. The summed E-state index contributed by atoms with van der Waals surface area (Å²) in [4.78, 5) is 25.2. The van der Waals surface area contributed by atoms with E-state index < -0.39 is 11.2 Å². The van der Waals surface area contributed by atoms with Crippen molar-refractivity contribution in [2.75, 3.05) is 23.8 Å². The number of amides is 1. The normalized spacial score (nSPS) is 17.5. The molecule has 39 heavy (non-hydrogen) atoms. The average molecular weight is 535 g/mol. The van der Waals surface area contributed by atoms with E-state index in [-0.39, 0.29) is 23.7 Å². The fourth-order valence-corrected chi connectivity index (χ4v) is 4.72. The Labute approximate surface area is 224 Å². The molecule has 11 nitrogen and oxygen atoms in total. The van der Waals surface area contributed by atoms with Crippen molar-refractivity contribution in [1.29, 1.82) is 0 Å². The van der Waals surface area contributed by atoms with Crippen molar-refractivity contribution in [2.24, 2.45) is 13.0 Å². The van der Waals surface area contributed by atoms with Gasteiger partial charge in [0.25, 0.3) is 0 Å². The number of pyridine rings is 2. The second-order valence-electron chi connectivity index (χ2n) is 11.1. The van der Waals surface area contributed by atoms with Gasteiger partial charge in [0.2, 0.25) is 11.9 Å². The number of ether oxygens (including phenoxy) is 2. The minimum Gasteiger partial charge on any atom is -0.455 e. The number of hydrogen-bond donors (Lipinski definition) is 2. The second kappa shape index (κ2) is 9.60. The monoisotopic (exact) mass is 534 g/mol. The van der Waals surface area contributed by atoms with Crippen LogP contribution in [0.5, 0.6) is 11.5 Å². The van der Waals surface area contributed by atoms with E-state index in [2.05, 4.69) is 30.7 Å². The Hall–Kier alpha value is -4.06. The van der Waals surface area contributed by atoms with Crippen LogP contribution in [0, 0.1) is 11.7 Å². The highest BCUT2D eigenvalue weighted by Gasteiger charge is 2.33. The third-order valence-corrected chi connectivity index (χ3v) is 6.92. The highest BCUT2D eigenvalue weighted by molar-refractivity contribution is 5.93. The highest BCUT2D eigenvalue weighted by atomic mass is 19.1. The Kier molecular flexibility index (Phi) is 6.21. The van der Waals surface area contributed by atoms with Crippen molar-refractivity contribution >= 4 is 34.7 Å². The largest absolute Gasteiger partial charge is 0.455 e. The standard InChI is InChI=1S/C27H31FN8O3/c1-27(2,3)22-21(28)24(34-36(22)16-8-10-38-14-16)33-26-32-23-19(35(26)4)11-18(13-30-23)39-17-7-9-29-20(12-17)31-25(37)15-5-6-15/h7,9,11-13,15-16H,5-6,8,10,14H2,1-4H3,(H,29,31,37)(H,30,32,33,34)/t16-/m1/s1. The first-order valence-electron chi connectivity index (χ1n) is 13.1. The molecule has 1 saturated carbocycles. The summed E-state index contributed by atoms with van der Waals surface area (Å²) >= 11 is 0. The molecule has 6 rings (SSSR count). The number of aryl methyl sites for hydroxylation is 1. The molecule has 2 aliphatic rings. The molecule has 0 spiro atoms. The van der Waals surface area contributed by atoms with Gasteiger partial charge in [-0.1, -0.05) is 20.8 Å². The van der Waals surface area contributed by atoms with Crippen molar-refractivity contribution < 1.29 is 18.7 Å². The fraction of sp³-hybridized carbons (Fsp3) is 0.444. The number of carbonyl (C=O) groups excluding carboxylic acids is 1. The van der Waals surface area contributed by atoms with Gasteiger partial charge in [-0.05, 0) is 25.3 Å². The number of halogens is 1. The van der Waals surface area contributed by atoms with Crippen LogP contribution in [0.4, 0.5) is 22.0 Å². The average Bonchev–Trinajstić information content (AvgIpc) is 3.37. The van der Waals surface area contributed by atoms with Gasteiger partial charge in [0.1, 0.15) is 17.3 Å². The minimum atomic E-state index is -0.451. The number of fused-ring (bicyclic) bond motifs is 1. The first kappa shape index (κ1) is 25.2. The van der Waals surface area contributed by atoms with Crippen LogP contribution in [-0.4, -0.2) is 48.4 Å². The first-order chi connectivity index (χ1) is 18.7. The second-order valence-corrected chi connectivity index (χ2v) is 11.1. The van der Waals surface area contributed by atoms with Crippen LogP contribution < -0.4 is 15.4 Å². The maximum Gasteiger partial charge on any atom is 0.228 e. The molecular weight excluding hydrogens is 503 g/mol. The van der Waals surface area contributed by atoms with E-state index in [0.717, 1.165) is 19.3 Å². The molecule has 1 atom stereocenters. The topological polar surface area (TPSA) is 121 Å². The predicted octanol–water partition coefficient (Wildman–Crippen LogP) is 4.84. The molecule has 0 unspecified atom stereocenters. The third-order valence-electron chi connectivity index (χ3n) is 6.92. The van der Waals surface area contributed by atoms with Gasteiger partial charge in [-0.25, -0.2) is 14.4 Å². The van der Waals surface area contributed by atoms with Crippen LogP contribution in [-0.2, 0) is 22.0 Å². The zero-order valence-corrected chi connectivity index (χ0v) is 22.4. The highest BCUT2D eigenvalue weighted by Crippen LogP contribution is 2.35. The van der Waals surface area contributed by atoms with Gasteiger partial charge in [0, 0.05) is 43.3 Å². The van der Waals surface area contributed by atoms with E-state index in [1.54, 1.807) is 39.8 Å². The molecule has 1 aliphatic carbocycles. The fourth-order valence-electron chi connectivity index (χ4n) is 4.72. The number of nitrogens with one attached hydrogen (secondary N) is 2. The molecule has 5 heterocycles. The summed E-state index contributed by atoms with van der Waals surface area (Å²) in [6.07, 6.45) is 5.75. The van der Waals surface area contributed by atoms with Crippen LogP contribution in [0.15, 0.2) is 30.6 Å². The Morgan fingerprint density at radius 1 is 1.18 bits per heavy atom. The Bertz CT molecular complexity index is 1550. The lowest BCUT2D eigenvalue weighted by atomic mass is 9.91. The van der Waals surface area contributed by atoms with Gasteiger partial charge < -0.3 is 24.7 Å². The van der Waals surface area contributed by atoms with Crippen LogP contribution in [0.1, 0.15) is 51.8 Å². The summed E-state index contributed by atoms with van der Waals surface area (Å²) in [6.45, 7) is 7.05. The van der Waals surface area contributed by atoms with Gasteiger partial charge >= 0.3 is 0 Å². The number of rotatable bonds is 7. The molecule has 0 radical (unpaired) electrons. The van der Waals surface area contributed by atoms with E-state index in [1.165, 1.54) is 0 Å². The summed E-state index contributed by atoms with van der Waals surface area (Å²) in [7, 11) is 1.81. The third kappa shape index (κ3) is 5.03. The Morgan fingerprint density at radius 2 is 2.00 bits per heavy atom. The molecule has 4 aromatic rings. The lowest BCUT2D eigenvalue weighted by molar-refractivity contribution is -0.117. The molecule has 0 bridgehead atoms. The molecular formula is C27H31FN8O3. The molecule has 12 heteroatoms. The quantitative estimate of drug-likeness (QED) is 0.345. The summed E-state index contributed by atoms with van der Waals surface area (Å²) in [5.41, 5.74) is 1.23. The van der Waals surface area contributed by atoms with E-state index in [9.17, 15) is 4.79 Å². The summed E-state index contributed by atoms with van der Waals surface area (Å²) in [6, 6.07) is 5.16. The molecule has 204 valence electrons. The molecule has 1 saturated heterocycles. The van der Waals surface area contributed by atoms with E-state index in [4.69, 9.17) is 9.47 Å². The Balaban J connectivity index is 1.25. The minimum absolute atomic E-state index is 0.0122. The van der Waals surface area contributed by atoms with Crippen LogP contribution in [0.3, 0.4) is 0 Å². The molecule has 1 amide bonds. The van der Waals surface area contributed by atoms with Crippen molar-refractivity contribution in [3.05, 3.63) is 42.1 Å². The van der Waals surface area contributed by atoms with E-state index in [0.29, 0.717) is 53.3 Å². The van der Waals surface area contributed by atoms with Gasteiger partial charge in [-0.3, -0.25) is 9.48 Å². The van der Waals surface area contributed by atoms with Gasteiger partial charge in [-0.2, -0.15) is 10.1 Å². The lowest BCUT2D eigenvalue weighted by Gasteiger charge is -2.22. The van der Waals surface area contributed by atoms with Crippen LogP contribution >= 0.6 is 0 Å². The molecule has 2 fully saturated rings. The van der Waals surface area contributed by atoms with E-state index >= 15 is 4.39 Å². The number of imidazole rings is 1. The van der Waals surface area contributed by atoms with Crippen molar-refractivity contribution in [2.45, 2.75) is 51.5 Å². The van der Waals surface area contributed by atoms with Crippen LogP contribution in [0.25, 0.3) is 11.2 Å². The Morgan fingerprint density at radius 3 is 2.72 bits per heavy atom. The zero-order chi connectivity index (χ0) is 27.3. The smallest absolute Gasteiger partial charge is 0.228 e. The number of aromatic nitrogens is 6. The zero-order valence-electron chi connectivity index (χ0n) is 22.4. The van der Waals surface area contributed by atoms with Gasteiger partial charge in [-0.15, -0.1) is 0 Å². The van der Waals surface area contributed by atoms with Crippen molar-refractivity contribution in [3.8, 4) is 11.5 Å². The molecule has 4 aromatic heterocycles. The number of nitrogens with zero attached hydrogens (tertiary/aromatic N) is 6. The van der Waals surface area contributed by atoms with Crippen LogP contribution in [0.2, 0.25) is 0 Å². The van der Waals surface area contributed by atoms with E-state index in [1.807, 2.05) is 27.8 Å². The molecule has 2 N–H and O–H groups in total. The number of anilines is 3. The predicted molar refractivity (Wildman–Crippen MR) is 143 cm³/mol. The lowest BCUT2D eigenvalue weighted by Crippen LogP contribution is -2.23. The summed E-state index contributed by atoms with van der Waals surface area (Å²) in [5, 5.41) is 10.5. The SMILES string of the molecule is Cn1c(Nc2nn([C@@H]3CCOC3)c(C(C)(C)C)c2F)nc2ncc(Oc3ccnc(NC(=O)C4CC4)c3)cc21.